The molecule has 251 valence electrons. The van der Waals surface area contributed by atoms with E-state index in [9.17, 15) is 18.3 Å². The number of aryl methyl sites for hydroxylation is 1. The molecule has 0 amide bonds. The summed E-state index contributed by atoms with van der Waals surface area (Å²) in [7, 11) is 1.69. The maximum absolute atomic E-state index is 10.8. The minimum Gasteiger partial charge on any atom is -0.568 e. The predicted molar refractivity (Wildman–Crippen MR) is 181 cm³/mol. The minimum absolute atomic E-state index is 0. The number of likely N-dealkylation sites (tertiary alicyclic amines) is 1. The molecule has 1 radical (unpaired) electrons. The number of β-amino-alcohol motifs (C(OH)–C–C–N with tert-alkyl or cyclic N) is 1. The van der Waals surface area contributed by atoms with Crippen LogP contribution in [0.15, 0.2) is 41.3 Å². The van der Waals surface area contributed by atoms with Gasteiger partial charge in [-0.1, -0.05) is 64.5 Å². The van der Waals surface area contributed by atoms with E-state index < -0.39 is 12.6 Å². The van der Waals surface area contributed by atoms with E-state index in [4.69, 9.17) is 10.2 Å². The fraction of sp³-hybridized carbons (Fsp3) is 0.588. The number of alkyl halides is 3. The second-order valence-corrected chi connectivity index (χ2v) is 11.4. The summed E-state index contributed by atoms with van der Waals surface area (Å²) in [4.78, 5) is 3.49. The first-order chi connectivity index (χ1) is 20.9. The molecule has 0 saturated carbocycles. The van der Waals surface area contributed by atoms with Gasteiger partial charge in [-0.05, 0) is 75.0 Å². The van der Waals surface area contributed by atoms with Crippen LogP contribution < -0.4 is 15.5 Å². The molecule has 1 aliphatic heterocycles. The third-order valence-corrected chi connectivity index (χ3v) is 7.62. The molecule has 1 fully saturated rings. The Morgan fingerprint density at radius 1 is 1.13 bits per heavy atom. The summed E-state index contributed by atoms with van der Waals surface area (Å²) in [5, 5.41) is 13.0. The predicted octanol–water partition coefficient (Wildman–Crippen LogP) is 8.55. The summed E-state index contributed by atoms with van der Waals surface area (Å²) in [6.45, 7) is 14.5. The van der Waals surface area contributed by atoms with Gasteiger partial charge in [0.2, 0.25) is 0 Å². The maximum atomic E-state index is 10.8. The normalized spacial score (nSPS) is 14.6. The van der Waals surface area contributed by atoms with Crippen molar-refractivity contribution in [1.29, 1.82) is 0 Å². The van der Waals surface area contributed by atoms with Crippen molar-refractivity contribution in [2.45, 2.75) is 90.4 Å². The van der Waals surface area contributed by atoms with Crippen LogP contribution in [-0.2, 0) is 39.1 Å². The smallest absolute Gasteiger partial charge is 0.388 e. The summed E-state index contributed by atoms with van der Waals surface area (Å²) < 4.78 is 37.9. The van der Waals surface area contributed by atoms with Gasteiger partial charge in [0.25, 0.3) is 0 Å². The number of methoxy groups -OCH3 is 1. The molecular weight excluding hydrogens is 674 g/mol. The number of anilines is 2. The van der Waals surface area contributed by atoms with Gasteiger partial charge in [0.1, 0.15) is 5.75 Å². The van der Waals surface area contributed by atoms with Gasteiger partial charge in [-0.2, -0.15) is 13.2 Å². The van der Waals surface area contributed by atoms with Crippen LogP contribution in [-0.4, -0.2) is 67.9 Å². The van der Waals surface area contributed by atoms with Gasteiger partial charge in [-0.25, -0.2) is 0 Å². The van der Waals surface area contributed by atoms with E-state index in [1.165, 1.54) is 16.0 Å². The number of nitrogens with one attached hydrogen (secondary N) is 2. The van der Waals surface area contributed by atoms with Crippen LogP contribution in [0.3, 0.4) is 0 Å². The van der Waals surface area contributed by atoms with E-state index in [0.717, 1.165) is 62.9 Å². The van der Waals surface area contributed by atoms with Gasteiger partial charge in [-0.3, -0.25) is 0 Å². The Balaban J connectivity index is 0.00000192. The Morgan fingerprint density at radius 2 is 1.78 bits per heavy atom. The zero-order valence-corrected chi connectivity index (χ0v) is 31.9. The van der Waals surface area contributed by atoms with Gasteiger partial charge < -0.3 is 30.9 Å². The number of rotatable bonds is 11. The number of aliphatic hydroxyl groups excluding tert-OH is 1. The number of piperidine rings is 1. The molecule has 1 aliphatic rings. The SMILES string of the molecule is CC.CCC(F)(F)F.COc1cc(SC)ccc1NCC#CC(C)Cc1c(C)cccc1N[N-]C1CCN(CC(C)O)CC1.[Y]. The Kier molecular flexibility index (Phi) is 23.0. The standard InChI is InChI=1S/C29H41N4O2S.C3H5F3.C2H6.Y/c1-21(8-7-15-30-28-12-11-25(36-5)19-29(28)35-4)18-26-22(2)9-6-10-27(26)32-31-24-13-16-33(17-14-24)20-23(3)34;1-2-3(4,5)6;1-2;/h6,9-12,19,21,23-24,30,32,34H,13-18,20H2,1-5H3;2H2,1H3;1-2H3;/q-1;;;. The van der Waals surface area contributed by atoms with Crippen LogP contribution in [0.2, 0.25) is 0 Å². The van der Waals surface area contributed by atoms with Crippen molar-refractivity contribution in [2.24, 2.45) is 5.92 Å². The summed E-state index contributed by atoms with van der Waals surface area (Å²) >= 11 is 1.70. The Hall–Kier alpha value is -1.48. The third-order valence-electron chi connectivity index (χ3n) is 6.89. The average Bonchev–Trinajstić information content (AvgIpc) is 3.01. The first kappa shape index (κ1) is 43.5. The fourth-order valence-corrected chi connectivity index (χ4v) is 4.94. The Labute approximate surface area is 299 Å². The molecule has 6 nitrogen and oxygen atoms in total. The Bertz CT molecular complexity index is 1150. The van der Waals surface area contributed by atoms with Crippen LogP contribution in [0, 0.1) is 24.7 Å². The van der Waals surface area contributed by atoms with Crippen molar-refractivity contribution < 1.29 is 55.7 Å². The van der Waals surface area contributed by atoms with Crippen molar-refractivity contribution in [1.82, 2.24) is 4.90 Å². The first-order valence-corrected chi connectivity index (χ1v) is 16.6. The summed E-state index contributed by atoms with van der Waals surface area (Å²) in [6, 6.07) is 12.8. The van der Waals surface area contributed by atoms with E-state index in [1.807, 2.05) is 32.9 Å². The quantitative estimate of drug-likeness (QED) is 0.123. The largest absolute Gasteiger partial charge is 0.568 e. The molecule has 2 atom stereocenters. The second-order valence-electron chi connectivity index (χ2n) is 10.5. The van der Waals surface area contributed by atoms with Gasteiger partial charge in [0.05, 0.1) is 25.4 Å². The molecule has 0 bridgehead atoms. The number of thioether (sulfide) groups is 1. The van der Waals surface area contributed by atoms with Crippen LogP contribution >= 0.6 is 11.8 Å². The molecule has 0 aliphatic carbocycles. The zero-order valence-electron chi connectivity index (χ0n) is 28.2. The first-order valence-electron chi connectivity index (χ1n) is 15.4. The molecule has 2 unspecified atom stereocenters. The molecule has 0 aromatic heterocycles. The molecule has 3 N–H and O–H groups in total. The third kappa shape index (κ3) is 17.9. The number of hydrogen-bond donors (Lipinski definition) is 3. The Morgan fingerprint density at radius 3 is 2.33 bits per heavy atom. The number of benzene rings is 2. The van der Waals surface area contributed by atoms with Crippen molar-refractivity contribution in [3.63, 3.8) is 0 Å². The second kappa shape index (κ2) is 23.8. The van der Waals surface area contributed by atoms with Crippen molar-refractivity contribution in [3.05, 3.63) is 53.0 Å². The summed E-state index contributed by atoms with van der Waals surface area (Å²) in [5.41, 5.74) is 12.8. The van der Waals surface area contributed by atoms with E-state index in [2.05, 4.69) is 71.9 Å². The number of ether oxygens (including phenoxy) is 1. The van der Waals surface area contributed by atoms with E-state index in [-0.39, 0.29) is 44.7 Å². The number of nitrogens with zero attached hydrogens (tertiary/aromatic N) is 2. The summed E-state index contributed by atoms with van der Waals surface area (Å²) in [5.74, 6) is 7.74. The van der Waals surface area contributed by atoms with Crippen molar-refractivity contribution >= 4 is 23.1 Å². The number of aliphatic hydroxyl groups is 1. The summed E-state index contributed by atoms with van der Waals surface area (Å²) in [6.07, 6.45) is -0.00632. The van der Waals surface area contributed by atoms with E-state index >= 15 is 0 Å². The molecule has 11 heteroatoms. The molecule has 1 saturated heterocycles. The molecule has 3 rings (SSSR count). The minimum atomic E-state index is -3.96. The van der Waals surface area contributed by atoms with E-state index in [0.29, 0.717) is 12.6 Å². The molecule has 1 heterocycles. The van der Waals surface area contributed by atoms with Crippen LogP contribution in [0.25, 0.3) is 5.43 Å². The van der Waals surface area contributed by atoms with E-state index in [1.54, 1.807) is 18.9 Å². The number of hydrogen-bond acceptors (Lipinski definition) is 6. The maximum Gasteiger partial charge on any atom is 0.388 e. The van der Waals surface area contributed by atoms with Gasteiger partial charge in [-0.15, -0.1) is 17.8 Å². The van der Waals surface area contributed by atoms with Crippen LogP contribution in [0.4, 0.5) is 24.5 Å². The topological polar surface area (TPSA) is 70.9 Å². The zero-order chi connectivity index (χ0) is 33.1. The molecule has 45 heavy (non-hydrogen) atoms. The van der Waals surface area contributed by atoms with Crippen LogP contribution in [0.5, 0.6) is 5.75 Å². The van der Waals surface area contributed by atoms with Crippen molar-refractivity contribution in [2.75, 3.05) is 50.3 Å². The number of halogens is 3. The van der Waals surface area contributed by atoms with Crippen molar-refractivity contribution in [3.8, 4) is 17.6 Å². The molecule has 2 aromatic rings. The molecule has 2 aromatic carbocycles. The molecule has 0 spiro atoms. The van der Waals surface area contributed by atoms with Gasteiger partial charge in [0, 0.05) is 62.2 Å². The fourth-order valence-electron chi connectivity index (χ4n) is 4.51. The monoisotopic (exact) mass is 726 g/mol. The average molecular weight is 727 g/mol. The van der Waals surface area contributed by atoms with Crippen LogP contribution in [0.1, 0.15) is 65.0 Å². The van der Waals surface area contributed by atoms with Gasteiger partial charge in [0.15, 0.2) is 0 Å². The molecular formula is C34H52F3N4O2SY-. The van der Waals surface area contributed by atoms with Gasteiger partial charge >= 0.3 is 6.18 Å².